The zero-order chi connectivity index (χ0) is 19.9. The topological polar surface area (TPSA) is 42.0 Å². The number of rotatable bonds is 8. The number of likely N-dealkylation sites (tertiary alicyclic amines) is 1. The number of hydrogen-bond donors (Lipinski definition) is 0. The van der Waals surface area contributed by atoms with Gasteiger partial charge in [0.05, 0.1) is 26.7 Å². The Bertz CT molecular complexity index is 773. The van der Waals surface area contributed by atoms with Crippen molar-refractivity contribution in [3.8, 4) is 11.5 Å². The minimum absolute atomic E-state index is 0.0481. The molecular formula is C23H30N2O3. The van der Waals surface area contributed by atoms with Crippen LogP contribution in [0.25, 0.3) is 0 Å². The molecule has 1 atom stereocenters. The van der Waals surface area contributed by atoms with Crippen LogP contribution in [0.4, 0.5) is 0 Å². The number of likely N-dealkylation sites (N-methyl/N-ethyl adjacent to an activating group) is 1. The van der Waals surface area contributed by atoms with Crippen LogP contribution in [-0.2, 0) is 11.2 Å². The molecule has 1 amide bonds. The Kier molecular flexibility index (Phi) is 6.93. The third kappa shape index (κ3) is 4.84. The summed E-state index contributed by atoms with van der Waals surface area (Å²) in [6.07, 6.45) is 2.82. The number of carbonyl (C=O) groups is 1. The van der Waals surface area contributed by atoms with Gasteiger partial charge in [-0.25, -0.2) is 0 Å². The molecule has 0 unspecified atom stereocenters. The molecule has 0 N–H and O–H groups in total. The molecule has 0 spiro atoms. The van der Waals surface area contributed by atoms with Crippen molar-refractivity contribution >= 4 is 5.91 Å². The molecule has 1 aliphatic heterocycles. The van der Waals surface area contributed by atoms with E-state index in [-0.39, 0.29) is 11.9 Å². The van der Waals surface area contributed by atoms with E-state index in [4.69, 9.17) is 9.47 Å². The standard InChI is InChI=1S/C23H30N2O3/c1-24(23(26)16-18-11-12-21(27-2)22(15-18)28-3)20(17-25-13-7-8-14-25)19-9-5-4-6-10-19/h4-6,9-12,15,20H,7-8,13-14,16-17H2,1-3H3/t20-/m1/s1. The maximum absolute atomic E-state index is 13.1. The Morgan fingerprint density at radius 1 is 1.04 bits per heavy atom. The number of nitrogens with zero attached hydrogens (tertiary/aromatic N) is 2. The maximum Gasteiger partial charge on any atom is 0.227 e. The Labute approximate surface area is 167 Å². The number of methoxy groups -OCH3 is 2. The second-order valence-electron chi connectivity index (χ2n) is 7.30. The number of amides is 1. The first kappa shape index (κ1) is 20.2. The van der Waals surface area contributed by atoms with Gasteiger partial charge in [0.1, 0.15) is 0 Å². The molecular weight excluding hydrogens is 352 g/mol. The summed E-state index contributed by atoms with van der Waals surface area (Å²) in [6, 6.07) is 16.0. The van der Waals surface area contributed by atoms with Crippen LogP contribution in [0.15, 0.2) is 48.5 Å². The quantitative estimate of drug-likeness (QED) is 0.700. The third-order valence-corrected chi connectivity index (χ3v) is 5.48. The molecule has 0 radical (unpaired) electrons. The van der Waals surface area contributed by atoms with Gasteiger partial charge in [0.25, 0.3) is 0 Å². The highest BCUT2D eigenvalue weighted by molar-refractivity contribution is 5.79. The Balaban J connectivity index is 1.75. The molecule has 0 aromatic heterocycles. The van der Waals surface area contributed by atoms with Gasteiger partial charge in [-0.3, -0.25) is 4.79 Å². The molecule has 3 rings (SSSR count). The first-order chi connectivity index (χ1) is 13.6. The summed E-state index contributed by atoms with van der Waals surface area (Å²) in [7, 11) is 5.13. The summed E-state index contributed by atoms with van der Waals surface area (Å²) in [5.74, 6) is 1.41. The highest BCUT2D eigenvalue weighted by atomic mass is 16.5. The van der Waals surface area contributed by atoms with Crippen LogP contribution in [0.5, 0.6) is 11.5 Å². The van der Waals surface area contributed by atoms with Gasteiger partial charge in [-0.05, 0) is 49.2 Å². The average molecular weight is 383 g/mol. The van der Waals surface area contributed by atoms with Gasteiger partial charge in [-0.1, -0.05) is 36.4 Å². The number of benzene rings is 2. The Morgan fingerprint density at radius 3 is 2.36 bits per heavy atom. The van der Waals surface area contributed by atoms with E-state index in [1.54, 1.807) is 14.2 Å². The monoisotopic (exact) mass is 382 g/mol. The van der Waals surface area contributed by atoms with Gasteiger partial charge in [-0.2, -0.15) is 0 Å². The highest BCUT2D eigenvalue weighted by Crippen LogP contribution is 2.29. The van der Waals surface area contributed by atoms with Crippen molar-refractivity contribution < 1.29 is 14.3 Å². The van der Waals surface area contributed by atoms with E-state index < -0.39 is 0 Å². The van der Waals surface area contributed by atoms with E-state index in [0.29, 0.717) is 17.9 Å². The van der Waals surface area contributed by atoms with E-state index in [1.807, 2.05) is 48.3 Å². The lowest BCUT2D eigenvalue weighted by atomic mass is 10.0. The normalized spacial score (nSPS) is 15.2. The van der Waals surface area contributed by atoms with Crippen LogP contribution in [0.2, 0.25) is 0 Å². The van der Waals surface area contributed by atoms with E-state index in [9.17, 15) is 4.79 Å². The third-order valence-electron chi connectivity index (χ3n) is 5.48. The lowest BCUT2D eigenvalue weighted by Gasteiger charge is -2.32. The maximum atomic E-state index is 13.1. The van der Waals surface area contributed by atoms with Gasteiger partial charge in [0, 0.05) is 13.6 Å². The van der Waals surface area contributed by atoms with Crippen molar-refractivity contribution in [2.24, 2.45) is 0 Å². The van der Waals surface area contributed by atoms with Gasteiger partial charge in [-0.15, -0.1) is 0 Å². The minimum Gasteiger partial charge on any atom is -0.493 e. The van der Waals surface area contributed by atoms with E-state index >= 15 is 0 Å². The van der Waals surface area contributed by atoms with Crippen molar-refractivity contribution in [1.29, 1.82) is 0 Å². The van der Waals surface area contributed by atoms with Gasteiger partial charge in [0.2, 0.25) is 5.91 Å². The zero-order valence-corrected chi connectivity index (χ0v) is 17.1. The van der Waals surface area contributed by atoms with Crippen molar-refractivity contribution in [3.05, 3.63) is 59.7 Å². The lowest BCUT2D eigenvalue weighted by Crippen LogP contribution is -2.39. The van der Waals surface area contributed by atoms with Crippen molar-refractivity contribution in [3.63, 3.8) is 0 Å². The van der Waals surface area contributed by atoms with Crippen LogP contribution in [0, 0.1) is 0 Å². The van der Waals surface area contributed by atoms with Crippen LogP contribution in [0.3, 0.4) is 0 Å². The Morgan fingerprint density at radius 2 is 1.71 bits per heavy atom. The molecule has 28 heavy (non-hydrogen) atoms. The number of hydrogen-bond acceptors (Lipinski definition) is 4. The lowest BCUT2D eigenvalue weighted by molar-refractivity contribution is -0.131. The van der Waals surface area contributed by atoms with E-state index in [0.717, 1.165) is 25.2 Å². The summed E-state index contributed by atoms with van der Waals surface area (Å²) in [4.78, 5) is 17.4. The van der Waals surface area contributed by atoms with Crippen LogP contribution in [-0.4, -0.2) is 56.6 Å². The van der Waals surface area contributed by atoms with Crippen molar-refractivity contribution in [2.75, 3.05) is 40.9 Å². The van der Waals surface area contributed by atoms with Crippen molar-refractivity contribution in [1.82, 2.24) is 9.80 Å². The predicted octanol–water partition coefficient (Wildman–Crippen LogP) is 3.54. The molecule has 5 nitrogen and oxygen atoms in total. The molecule has 1 aliphatic rings. The second kappa shape index (κ2) is 9.60. The molecule has 2 aromatic carbocycles. The first-order valence-electron chi connectivity index (χ1n) is 9.86. The highest BCUT2D eigenvalue weighted by Gasteiger charge is 2.25. The molecule has 5 heteroatoms. The largest absolute Gasteiger partial charge is 0.493 e. The minimum atomic E-state index is 0.0481. The average Bonchev–Trinajstić information content (AvgIpc) is 3.25. The van der Waals surface area contributed by atoms with Crippen LogP contribution in [0.1, 0.15) is 30.0 Å². The molecule has 0 bridgehead atoms. The van der Waals surface area contributed by atoms with Gasteiger partial charge in [0.15, 0.2) is 11.5 Å². The zero-order valence-electron chi connectivity index (χ0n) is 17.1. The number of carbonyl (C=O) groups excluding carboxylic acids is 1. The van der Waals surface area contributed by atoms with Crippen LogP contribution < -0.4 is 9.47 Å². The molecule has 0 saturated carbocycles. The van der Waals surface area contributed by atoms with Crippen molar-refractivity contribution in [2.45, 2.75) is 25.3 Å². The summed E-state index contributed by atoms with van der Waals surface area (Å²) in [5, 5.41) is 0. The predicted molar refractivity (Wildman–Crippen MR) is 111 cm³/mol. The molecule has 150 valence electrons. The molecule has 1 fully saturated rings. The van der Waals surface area contributed by atoms with Crippen LogP contribution >= 0.6 is 0 Å². The summed E-state index contributed by atoms with van der Waals surface area (Å²) in [6.45, 7) is 3.10. The fourth-order valence-electron chi connectivity index (χ4n) is 3.80. The Hall–Kier alpha value is -2.53. The molecule has 0 aliphatic carbocycles. The van der Waals surface area contributed by atoms with Gasteiger partial charge >= 0.3 is 0 Å². The summed E-state index contributed by atoms with van der Waals surface area (Å²) < 4.78 is 10.7. The fourth-order valence-corrected chi connectivity index (χ4v) is 3.80. The van der Waals surface area contributed by atoms with E-state index in [2.05, 4.69) is 17.0 Å². The fraction of sp³-hybridized carbons (Fsp3) is 0.435. The second-order valence-corrected chi connectivity index (χ2v) is 7.30. The summed E-state index contributed by atoms with van der Waals surface area (Å²) >= 11 is 0. The van der Waals surface area contributed by atoms with E-state index in [1.165, 1.54) is 18.4 Å². The molecule has 1 heterocycles. The number of ether oxygens (including phenoxy) is 2. The first-order valence-corrected chi connectivity index (χ1v) is 9.86. The summed E-state index contributed by atoms with van der Waals surface area (Å²) in [5.41, 5.74) is 2.10. The molecule has 2 aromatic rings. The SMILES string of the molecule is COc1ccc(CC(=O)N(C)[C@H](CN2CCCC2)c2ccccc2)cc1OC. The smallest absolute Gasteiger partial charge is 0.227 e. The van der Waals surface area contributed by atoms with Gasteiger partial charge < -0.3 is 19.3 Å². The molecule has 1 saturated heterocycles.